The maximum absolute atomic E-state index is 11.0. The maximum atomic E-state index is 11.0. The molecule has 1 aliphatic heterocycles. The van der Waals surface area contributed by atoms with Gasteiger partial charge in [0, 0.05) is 37.0 Å². The standard InChI is InChI=1S/C13H18N4O3/c1-9-8-11(17(19)20)2-3-12(9)15-10-4-6-16(7-5-10)13(14)18/h2-3,8,10,15H,4-7H2,1H3,(H2,14,18). The van der Waals surface area contributed by atoms with Crippen LogP contribution in [0.3, 0.4) is 0 Å². The van der Waals surface area contributed by atoms with Gasteiger partial charge in [0.2, 0.25) is 0 Å². The molecular weight excluding hydrogens is 260 g/mol. The average molecular weight is 278 g/mol. The maximum Gasteiger partial charge on any atom is 0.314 e. The Kier molecular flexibility index (Phi) is 4.07. The summed E-state index contributed by atoms with van der Waals surface area (Å²) >= 11 is 0. The topological polar surface area (TPSA) is 102 Å². The van der Waals surface area contributed by atoms with E-state index in [2.05, 4.69) is 5.32 Å². The highest BCUT2D eigenvalue weighted by atomic mass is 16.6. The minimum atomic E-state index is -0.401. The number of benzene rings is 1. The first kappa shape index (κ1) is 14.1. The first-order valence-corrected chi connectivity index (χ1v) is 6.53. The van der Waals surface area contributed by atoms with Crippen molar-refractivity contribution in [3.8, 4) is 0 Å². The van der Waals surface area contributed by atoms with E-state index in [1.165, 1.54) is 6.07 Å². The summed E-state index contributed by atoms with van der Waals surface area (Å²) in [7, 11) is 0. The Bertz CT molecular complexity index is 524. The number of nitro benzene ring substituents is 1. The zero-order valence-corrected chi connectivity index (χ0v) is 11.3. The van der Waals surface area contributed by atoms with Crippen LogP contribution in [0.1, 0.15) is 18.4 Å². The monoisotopic (exact) mass is 278 g/mol. The number of nitrogens with one attached hydrogen (secondary N) is 1. The zero-order valence-electron chi connectivity index (χ0n) is 11.3. The van der Waals surface area contributed by atoms with E-state index in [0.717, 1.165) is 24.1 Å². The molecule has 1 heterocycles. The van der Waals surface area contributed by atoms with Gasteiger partial charge in [0.25, 0.3) is 5.69 Å². The minimum Gasteiger partial charge on any atom is -0.382 e. The molecule has 0 saturated carbocycles. The number of piperidine rings is 1. The van der Waals surface area contributed by atoms with Gasteiger partial charge in [-0.2, -0.15) is 0 Å². The summed E-state index contributed by atoms with van der Waals surface area (Å²) in [4.78, 5) is 23.0. The first-order chi connectivity index (χ1) is 9.47. The second-order valence-electron chi connectivity index (χ2n) is 5.00. The number of aryl methyl sites for hydroxylation is 1. The Morgan fingerprint density at radius 3 is 2.60 bits per heavy atom. The number of carbonyl (C=O) groups is 1. The van der Waals surface area contributed by atoms with Crippen molar-refractivity contribution in [1.29, 1.82) is 0 Å². The number of nitrogens with zero attached hydrogens (tertiary/aromatic N) is 2. The van der Waals surface area contributed by atoms with E-state index in [-0.39, 0.29) is 17.8 Å². The van der Waals surface area contributed by atoms with Crippen molar-refractivity contribution in [3.05, 3.63) is 33.9 Å². The fraction of sp³-hybridized carbons (Fsp3) is 0.462. The van der Waals surface area contributed by atoms with Gasteiger partial charge in [-0.05, 0) is 31.4 Å². The van der Waals surface area contributed by atoms with Gasteiger partial charge < -0.3 is 16.0 Å². The van der Waals surface area contributed by atoms with E-state index < -0.39 is 4.92 Å². The number of nitro groups is 1. The summed E-state index contributed by atoms with van der Waals surface area (Å²) in [6.45, 7) is 3.12. The third kappa shape index (κ3) is 3.17. The van der Waals surface area contributed by atoms with E-state index >= 15 is 0 Å². The van der Waals surface area contributed by atoms with Crippen molar-refractivity contribution < 1.29 is 9.72 Å². The lowest BCUT2D eigenvalue weighted by atomic mass is 10.0. The highest BCUT2D eigenvalue weighted by molar-refractivity contribution is 5.72. The van der Waals surface area contributed by atoms with Crippen LogP contribution in [0.25, 0.3) is 0 Å². The number of primary amides is 1. The SMILES string of the molecule is Cc1cc([N+](=O)[O-])ccc1NC1CCN(C(N)=O)CC1. The van der Waals surface area contributed by atoms with Crippen LogP contribution in [0.15, 0.2) is 18.2 Å². The number of likely N-dealkylation sites (tertiary alicyclic amines) is 1. The number of hydrogen-bond acceptors (Lipinski definition) is 4. The van der Waals surface area contributed by atoms with Crippen LogP contribution in [0.5, 0.6) is 0 Å². The molecule has 7 heteroatoms. The van der Waals surface area contributed by atoms with Gasteiger partial charge in [-0.25, -0.2) is 4.79 Å². The molecule has 2 amide bonds. The molecule has 1 aromatic rings. The van der Waals surface area contributed by atoms with Crippen LogP contribution in [0.4, 0.5) is 16.2 Å². The molecule has 7 nitrogen and oxygen atoms in total. The molecule has 20 heavy (non-hydrogen) atoms. The van der Waals surface area contributed by atoms with Crippen LogP contribution < -0.4 is 11.1 Å². The van der Waals surface area contributed by atoms with Gasteiger partial charge in [0.05, 0.1) is 4.92 Å². The molecular formula is C13H18N4O3. The summed E-state index contributed by atoms with van der Waals surface area (Å²) in [5.74, 6) is 0. The van der Waals surface area contributed by atoms with Crippen LogP contribution in [-0.2, 0) is 0 Å². The highest BCUT2D eigenvalue weighted by Crippen LogP contribution is 2.23. The van der Waals surface area contributed by atoms with Crippen molar-refractivity contribution in [2.24, 2.45) is 5.73 Å². The molecule has 0 atom stereocenters. The molecule has 0 spiro atoms. The Morgan fingerprint density at radius 1 is 1.45 bits per heavy atom. The fourth-order valence-corrected chi connectivity index (χ4v) is 2.39. The Balaban J connectivity index is 1.98. The van der Waals surface area contributed by atoms with Gasteiger partial charge in [0.1, 0.15) is 0 Å². The van der Waals surface area contributed by atoms with Crippen LogP contribution >= 0.6 is 0 Å². The van der Waals surface area contributed by atoms with Crippen molar-refractivity contribution in [1.82, 2.24) is 4.90 Å². The van der Waals surface area contributed by atoms with Crippen molar-refractivity contribution in [2.75, 3.05) is 18.4 Å². The van der Waals surface area contributed by atoms with Gasteiger partial charge in [-0.15, -0.1) is 0 Å². The predicted octanol–water partition coefficient (Wildman–Crippen LogP) is 1.86. The van der Waals surface area contributed by atoms with Gasteiger partial charge in [-0.1, -0.05) is 0 Å². The number of urea groups is 1. The lowest BCUT2D eigenvalue weighted by molar-refractivity contribution is -0.384. The van der Waals surface area contributed by atoms with Gasteiger partial charge in [-0.3, -0.25) is 10.1 Å². The molecule has 1 fully saturated rings. The van der Waals surface area contributed by atoms with Crippen molar-refractivity contribution in [2.45, 2.75) is 25.8 Å². The summed E-state index contributed by atoms with van der Waals surface area (Å²) in [6.07, 6.45) is 1.64. The molecule has 1 aromatic carbocycles. The zero-order chi connectivity index (χ0) is 14.7. The fourth-order valence-electron chi connectivity index (χ4n) is 2.39. The summed E-state index contributed by atoms with van der Waals surface area (Å²) in [5.41, 5.74) is 7.07. The first-order valence-electron chi connectivity index (χ1n) is 6.53. The van der Waals surface area contributed by atoms with Crippen LogP contribution in [0.2, 0.25) is 0 Å². The van der Waals surface area contributed by atoms with Gasteiger partial charge >= 0.3 is 6.03 Å². The second-order valence-corrected chi connectivity index (χ2v) is 5.00. The molecule has 2 rings (SSSR count). The molecule has 0 bridgehead atoms. The van der Waals surface area contributed by atoms with Gasteiger partial charge in [0.15, 0.2) is 0 Å². The number of carbonyl (C=O) groups excluding carboxylic acids is 1. The Labute approximate surface area is 116 Å². The Hall–Kier alpha value is -2.31. The van der Waals surface area contributed by atoms with Crippen LogP contribution in [0, 0.1) is 17.0 Å². The second kappa shape index (κ2) is 5.77. The molecule has 0 radical (unpaired) electrons. The van der Waals surface area contributed by atoms with E-state index in [9.17, 15) is 14.9 Å². The normalized spacial score (nSPS) is 15.9. The third-order valence-electron chi connectivity index (χ3n) is 3.59. The van der Waals surface area contributed by atoms with E-state index in [0.29, 0.717) is 13.1 Å². The van der Waals surface area contributed by atoms with E-state index in [1.807, 2.05) is 6.92 Å². The number of rotatable bonds is 3. The largest absolute Gasteiger partial charge is 0.382 e. The van der Waals surface area contributed by atoms with E-state index in [1.54, 1.807) is 17.0 Å². The van der Waals surface area contributed by atoms with Crippen LogP contribution in [-0.4, -0.2) is 35.0 Å². The minimum absolute atomic E-state index is 0.0941. The molecule has 0 unspecified atom stereocenters. The summed E-state index contributed by atoms with van der Waals surface area (Å²) in [6, 6.07) is 4.66. The lowest BCUT2D eigenvalue weighted by Crippen LogP contribution is -2.44. The predicted molar refractivity (Wildman–Crippen MR) is 75.6 cm³/mol. The lowest BCUT2D eigenvalue weighted by Gasteiger charge is -2.32. The average Bonchev–Trinajstić information content (AvgIpc) is 2.41. The summed E-state index contributed by atoms with van der Waals surface area (Å²) in [5, 5.41) is 14.1. The quantitative estimate of drug-likeness (QED) is 0.650. The summed E-state index contributed by atoms with van der Waals surface area (Å²) < 4.78 is 0. The molecule has 0 aromatic heterocycles. The molecule has 108 valence electrons. The van der Waals surface area contributed by atoms with E-state index in [4.69, 9.17) is 5.73 Å². The molecule has 0 aliphatic carbocycles. The number of nitrogens with two attached hydrogens (primary N) is 1. The highest BCUT2D eigenvalue weighted by Gasteiger charge is 2.21. The van der Waals surface area contributed by atoms with Crippen molar-refractivity contribution in [3.63, 3.8) is 0 Å². The molecule has 1 aliphatic rings. The molecule has 1 saturated heterocycles. The number of non-ortho nitro benzene ring substituents is 1. The Morgan fingerprint density at radius 2 is 2.10 bits per heavy atom. The number of anilines is 1. The molecule has 3 N–H and O–H groups in total. The van der Waals surface area contributed by atoms with Crippen molar-refractivity contribution >= 4 is 17.4 Å². The number of amides is 2. The smallest absolute Gasteiger partial charge is 0.314 e. The number of hydrogen-bond donors (Lipinski definition) is 2. The third-order valence-corrected chi connectivity index (χ3v) is 3.59.